The molecule has 0 atom stereocenters. The number of methoxy groups -OCH3 is 1. The summed E-state index contributed by atoms with van der Waals surface area (Å²) in [4.78, 5) is 12.2. The van der Waals surface area contributed by atoms with Crippen LogP contribution in [0.25, 0.3) is 21.3 Å². The molecule has 0 radical (unpaired) electrons. The molecule has 1 aromatic carbocycles. The van der Waals surface area contributed by atoms with Crippen LogP contribution in [0.1, 0.15) is 12.8 Å². The van der Waals surface area contributed by atoms with Gasteiger partial charge < -0.3 is 9.64 Å². The van der Waals surface area contributed by atoms with E-state index in [0.29, 0.717) is 5.28 Å². The van der Waals surface area contributed by atoms with E-state index in [4.69, 9.17) is 16.3 Å². The van der Waals surface area contributed by atoms with E-state index in [2.05, 4.69) is 32.4 Å². The maximum atomic E-state index is 6.14. The van der Waals surface area contributed by atoms with Crippen molar-refractivity contribution in [2.24, 2.45) is 0 Å². The average molecular weight is 346 g/mol. The Morgan fingerprint density at radius 3 is 2.57 bits per heavy atom. The summed E-state index contributed by atoms with van der Waals surface area (Å²) in [6, 6.07) is 8.10. The molecule has 2 aromatic heterocycles. The lowest BCUT2D eigenvalue weighted by molar-refractivity contribution is 0.415. The Balaban J connectivity index is 1.89. The van der Waals surface area contributed by atoms with Crippen LogP contribution in [-0.2, 0) is 0 Å². The predicted octanol–water partition coefficient (Wildman–Crippen LogP) is 4.62. The molecule has 0 spiro atoms. The number of hydrogen-bond acceptors (Lipinski definition) is 5. The molecule has 0 N–H and O–H groups in total. The van der Waals surface area contributed by atoms with Gasteiger partial charge in [0.05, 0.1) is 12.5 Å². The van der Waals surface area contributed by atoms with E-state index in [1.807, 2.05) is 12.1 Å². The Kier molecular flexibility index (Phi) is 3.83. The molecule has 0 saturated carbocycles. The summed E-state index contributed by atoms with van der Waals surface area (Å²) < 4.78 is 5.25. The fourth-order valence-electron chi connectivity index (χ4n) is 3.04. The van der Waals surface area contributed by atoms with Crippen LogP contribution in [0.5, 0.6) is 5.75 Å². The van der Waals surface area contributed by atoms with Crippen molar-refractivity contribution >= 4 is 39.0 Å². The van der Waals surface area contributed by atoms with Gasteiger partial charge in [-0.05, 0) is 42.1 Å². The van der Waals surface area contributed by atoms with Crippen molar-refractivity contribution in [3.05, 3.63) is 34.9 Å². The molecule has 3 heterocycles. The van der Waals surface area contributed by atoms with Crippen molar-refractivity contribution in [2.45, 2.75) is 12.8 Å². The second-order valence-electron chi connectivity index (χ2n) is 5.57. The number of rotatable bonds is 3. The first-order valence-electron chi connectivity index (χ1n) is 7.60. The Hall–Kier alpha value is -1.85. The molecule has 1 aliphatic rings. The summed E-state index contributed by atoms with van der Waals surface area (Å²) >= 11 is 7.75. The second-order valence-corrected chi connectivity index (χ2v) is 6.76. The summed E-state index contributed by atoms with van der Waals surface area (Å²) in [5.74, 6) is 1.82. The summed E-state index contributed by atoms with van der Waals surface area (Å²) in [6.07, 6.45) is 2.40. The number of anilines is 1. The number of fused-ring (bicyclic) bond motifs is 1. The Labute approximate surface area is 143 Å². The van der Waals surface area contributed by atoms with Crippen molar-refractivity contribution < 1.29 is 4.74 Å². The van der Waals surface area contributed by atoms with Crippen LogP contribution in [0.3, 0.4) is 0 Å². The highest BCUT2D eigenvalue weighted by Crippen LogP contribution is 2.40. The van der Waals surface area contributed by atoms with Crippen LogP contribution in [-0.4, -0.2) is 30.2 Å². The molecule has 0 bridgehead atoms. The third kappa shape index (κ3) is 2.64. The Bertz CT molecular complexity index is 841. The Morgan fingerprint density at radius 1 is 1.13 bits per heavy atom. The van der Waals surface area contributed by atoms with E-state index >= 15 is 0 Å². The zero-order valence-electron chi connectivity index (χ0n) is 12.8. The lowest BCUT2D eigenvalue weighted by Gasteiger charge is -2.18. The van der Waals surface area contributed by atoms with Crippen molar-refractivity contribution in [3.63, 3.8) is 0 Å². The number of aromatic nitrogens is 2. The van der Waals surface area contributed by atoms with Gasteiger partial charge in [0.25, 0.3) is 0 Å². The molecular formula is C17H16ClN3OS. The molecule has 1 aliphatic heterocycles. The third-order valence-corrected chi connectivity index (χ3v) is 5.24. The van der Waals surface area contributed by atoms with E-state index < -0.39 is 0 Å². The first-order chi connectivity index (χ1) is 11.3. The summed E-state index contributed by atoms with van der Waals surface area (Å²) in [6.45, 7) is 2.06. The summed E-state index contributed by atoms with van der Waals surface area (Å²) in [5.41, 5.74) is 2.30. The quantitative estimate of drug-likeness (QED) is 0.649. The van der Waals surface area contributed by atoms with Crippen molar-refractivity contribution in [2.75, 3.05) is 25.1 Å². The molecule has 4 rings (SSSR count). The van der Waals surface area contributed by atoms with E-state index in [1.165, 1.54) is 12.8 Å². The number of ether oxygens (including phenoxy) is 1. The third-order valence-electron chi connectivity index (χ3n) is 4.19. The Morgan fingerprint density at radius 2 is 1.87 bits per heavy atom. The molecule has 118 valence electrons. The molecule has 0 unspecified atom stereocenters. The molecule has 0 aliphatic carbocycles. The minimum Gasteiger partial charge on any atom is -0.497 e. The highest BCUT2D eigenvalue weighted by molar-refractivity contribution is 7.17. The van der Waals surface area contributed by atoms with Crippen molar-refractivity contribution in [3.8, 4) is 16.9 Å². The van der Waals surface area contributed by atoms with Gasteiger partial charge in [0.2, 0.25) is 5.28 Å². The fraction of sp³-hybridized carbons (Fsp3) is 0.294. The second kappa shape index (κ2) is 5.98. The summed E-state index contributed by atoms with van der Waals surface area (Å²) in [7, 11) is 1.68. The van der Waals surface area contributed by atoms with Gasteiger partial charge >= 0.3 is 0 Å². The van der Waals surface area contributed by atoms with Gasteiger partial charge in [0, 0.05) is 24.0 Å². The molecule has 1 fully saturated rings. The molecule has 23 heavy (non-hydrogen) atoms. The molecule has 0 amide bonds. The smallest absolute Gasteiger partial charge is 0.225 e. The maximum Gasteiger partial charge on any atom is 0.225 e. The van der Waals surface area contributed by atoms with E-state index in [1.54, 1.807) is 18.4 Å². The van der Waals surface area contributed by atoms with E-state index in [-0.39, 0.29) is 0 Å². The summed E-state index contributed by atoms with van der Waals surface area (Å²) in [5, 5.41) is 3.56. The predicted molar refractivity (Wildman–Crippen MR) is 95.9 cm³/mol. The van der Waals surface area contributed by atoms with Gasteiger partial charge in [-0.15, -0.1) is 11.3 Å². The molecule has 6 heteroatoms. The average Bonchev–Trinajstić information content (AvgIpc) is 3.24. The van der Waals surface area contributed by atoms with Gasteiger partial charge in [-0.2, -0.15) is 4.98 Å². The normalized spacial score (nSPS) is 14.6. The first kappa shape index (κ1) is 14.7. The van der Waals surface area contributed by atoms with Gasteiger partial charge in [-0.3, -0.25) is 0 Å². The monoisotopic (exact) mass is 345 g/mol. The topological polar surface area (TPSA) is 38.3 Å². The molecule has 3 aromatic rings. The number of halogens is 1. The molecular weight excluding hydrogens is 330 g/mol. The van der Waals surface area contributed by atoms with Gasteiger partial charge in [0.15, 0.2) is 0 Å². The number of hydrogen-bond donors (Lipinski definition) is 0. The SMILES string of the molecule is COc1ccc(-c2csc3nc(Cl)nc(N4CCCC4)c23)cc1. The zero-order chi connectivity index (χ0) is 15.8. The molecule has 4 nitrogen and oxygen atoms in total. The van der Waals surface area contributed by atoms with Crippen molar-refractivity contribution in [1.82, 2.24) is 9.97 Å². The van der Waals surface area contributed by atoms with Gasteiger partial charge in [-0.1, -0.05) is 12.1 Å². The lowest BCUT2D eigenvalue weighted by atomic mass is 10.1. The largest absolute Gasteiger partial charge is 0.497 e. The van der Waals surface area contributed by atoms with Crippen LogP contribution in [0.15, 0.2) is 29.6 Å². The lowest BCUT2D eigenvalue weighted by Crippen LogP contribution is -2.19. The van der Waals surface area contributed by atoms with Crippen LogP contribution in [0, 0.1) is 0 Å². The zero-order valence-corrected chi connectivity index (χ0v) is 14.3. The number of thiophene rings is 1. The minimum atomic E-state index is 0.322. The number of benzene rings is 1. The number of nitrogens with zero attached hydrogens (tertiary/aromatic N) is 3. The highest BCUT2D eigenvalue weighted by Gasteiger charge is 2.21. The molecule has 1 saturated heterocycles. The minimum absolute atomic E-state index is 0.322. The van der Waals surface area contributed by atoms with Gasteiger partial charge in [0.1, 0.15) is 16.4 Å². The standard InChI is InChI=1S/C17H16ClN3OS/c1-22-12-6-4-11(5-7-12)13-10-23-16-14(13)15(19-17(18)20-16)21-8-2-3-9-21/h4-7,10H,2-3,8-9H2,1H3. The first-order valence-corrected chi connectivity index (χ1v) is 8.86. The van der Waals surface area contributed by atoms with Crippen LogP contribution in [0.4, 0.5) is 5.82 Å². The van der Waals surface area contributed by atoms with Crippen LogP contribution in [0.2, 0.25) is 5.28 Å². The van der Waals surface area contributed by atoms with E-state index in [9.17, 15) is 0 Å². The van der Waals surface area contributed by atoms with Crippen LogP contribution >= 0.6 is 22.9 Å². The van der Waals surface area contributed by atoms with Crippen LogP contribution < -0.4 is 9.64 Å². The van der Waals surface area contributed by atoms with Crippen molar-refractivity contribution in [1.29, 1.82) is 0 Å². The fourth-order valence-corrected chi connectivity index (χ4v) is 4.20. The van der Waals surface area contributed by atoms with Gasteiger partial charge in [-0.25, -0.2) is 4.98 Å². The highest BCUT2D eigenvalue weighted by atomic mass is 35.5. The van der Waals surface area contributed by atoms with E-state index in [0.717, 1.165) is 46.0 Å². The maximum absolute atomic E-state index is 6.14.